The highest BCUT2D eigenvalue weighted by molar-refractivity contribution is 9.10. The Morgan fingerprint density at radius 3 is 2.55 bits per heavy atom. The van der Waals surface area contributed by atoms with Gasteiger partial charge in [0.15, 0.2) is 5.82 Å². The number of benzene rings is 1. The molecule has 0 spiro atoms. The van der Waals surface area contributed by atoms with E-state index in [1.54, 1.807) is 26.4 Å². The molecule has 1 heterocycles. The molecule has 0 aliphatic carbocycles. The topological polar surface area (TPSA) is 44.2 Å². The van der Waals surface area contributed by atoms with Gasteiger partial charge in [0.25, 0.3) is 0 Å². The lowest BCUT2D eigenvalue weighted by atomic mass is 10.2. The third-order valence-corrected chi connectivity index (χ3v) is 4.20. The van der Waals surface area contributed by atoms with Crippen molar-refractivity contribution in [3.05, 3.63) is 38.5 Å². The summed E-state index contributed by atoms with van der Waals surface area (Å²) in [6.45, 7) is 0.333. The first kappa shape index (κ1) is 15.5. The molecule has 0 radical (unpaired) electrons. The first-order valence-electron chi connectivity index (χ1n) is 5.61. The highest BCUT2D eigenvalue weighted by Crippen LogP contribution is 2.31. The summed E-state index contributed by atoms with van der Waals surface area (Å²) in [5, 5.41) is 0.815. The fourth-order valence-corrected chi connectivity index (χ4v) is 2.37. The molecule has 0 aliphatic heterocycles. The normalized spacial score (nSPS) is 10.7. The van der Waals surface area contributed by atoms with E-state index in [0.29, 0.717) is 38.5 Å². The predicted molar refractivity (Wildman–Crippen MR) is 82.5 cm³/mol. The lowest BCUT2D eigenvalue weighted by Gasteiger charge is -2.09. The molecule has 20 heavy (non-hydrogen) atoms. The van der Waals surface area contributed by atoms with Gasteiger partial charge >= 0.3 is 0 Å². The van der Waals surface area contributed by atoms with Crippen LogP contribution in [0.1, 0.15) is 5.69 Å². The molecule has 0 fully saturated rings. The molecule has 0 saturated heterocycles. The molecule has 2 rings (SSSR count). The molecule has 0 N–H and O–H groups in total. The van der Waals surface area contributed by atoms with E-state index in [0.717, 1.165) is 5.56 Å². The Morgan fingerprint density at radius 2 is 1.95 bits per heavy atom. The predicted octanol–water partition coefficient (Wildman–Crippen LogP) is 4.37. The van der Waals surface area contributed by atoms with Crippen LogP contribution in [-0.2, 0) is 11.3 Å². The third-order valence-electron chi connectivity index (χ3n) is 2.57. The number of rotatable bonds is 4. The van der Waals surface area contributed by atoms with Gasteiger partial charge in [-0.25, -0.2) is 9.97 Å². The van der Waals surface area contributed by atoms with Gasteiger partial charge in [-0.1, -0.05) is 23.2 Å². The zero-order chi connectivity index (χ0) is 14.7. The van der Waals surface area contributed by atoms with E-state index in [1.807, 2.05) is 6.07 Å². The van der Waals surface area contributed by atoms with Crippen LogP contribution in [-0.4, -0.2) is 24.2 Å². The Bertz CT molecular complexity index is 638. The maximum atomic E-state index is 6.10. The minimum atomic E-state index is 0.328. The second-order valence-electron chi connectivity index (χ2n) is 3.88. The van der Waals surface area contributed by atoms with Crippen molar-refractivity contribution in [2.45, 2.75) is 6.61 Å². The fourth-order valence-electron chi connectivity index (χ4n) is 1.63. The molecular formula is C13H11BrCl2N2O2. The van der Waals surface area contributed by atoms with Crippen LogP contribution in [0.25, 0.3) is 11.4 Å². The standard InChI is InChI=1S/C13H11BrCl2N2O2/c1-19-6-9-11(14)12(16)18-13(17-9)7-3-4-10(20-2)8(15)5-7/h3-5H,6H2,1-2H3. The molecule has 106 valence electrons. The van der Waals surface area contributed by atoms with E-state index < -0.39 is 0 Å². The number of hydrogen-bond donors (Lipinski definition) is 0. The lowest BCUT2D eigenvalue weighted by Crippen LogP contribution is -2.00. The Hall–Kier alpha value is -0.880. The molecule has 0 unspecified atom stereocenters. The number of nitrogens with zero attached hydrogens (tertiary/aromatic N) is 2. The Kier molecular flexibility index (Phi) is 5.21. The SMILES string of the molecule is COCc1nc(-c2ccc(OC)c(Cl)c2)nc(Cl)c1Br. The van der Waals surface area contributed by atoms with E-state index in [4.69, 9.17) is 32.7 Å². The number of aromatic nitrogens is 2. The highest BCUT2D eigenvalue weighted by Gasteiger charge is 2.13. The summed E-state index contributed by atoms with van der Waals surface area (Å²) in [5.74, 6) is 1.07. The summed E-state index contributed by atoms with van der Waals surface area (Å²) in [6.07, 6.45) is 0. The zero-order valence-corrected chi connectivity index (χ0v) is 13.9. The van der Waals surface area contributed by atoms with E-state index in [9.17, 15) is 0 Å². The van der Waals surface area contributed by atoms with Crippen molar-refractivity contribution < 1.29 is 9.47 Å². The van der Waals surface area contributed by atoms with Crippen LogP contribution in [0.3, 0.4) is 0 Å². The van der Waals surface area contributed by atoms with Crippen molar-refractivity contribution in [1.82, 2.24) is 9.97 Å². The molecule has 0 atom stereocenters. The molecule has 1 aromatic heterocycles. The van der Waals surface area contributed by atoms with Gasteiger partial charge in [0, 0.05) is 12.7 Å². The monoisotopic (exact) mass is 376 g/mol. The minimum absolute atomic E-state index is 0.328. The van der Waals surface area contributed by atoms with Crippen molar-refractivity contribution >= 4 is 39.1 Å². The summed E-state index contributed by atoms with van der Waals surface area (Å²) < 4.78 is 10.8. The Morgan fingerprint density at radius 1 is 1.20 bits per heavy atom. The molecule has 2 aromatic rings. The van der Waals surface area contributed by atoms with Crippen molar-refractivity contribution in [3.8, 4) is 17.1 Å². The van der Waals surface area contributed by atoms with Gasteiger partial charge in [-0.05, 0) is 34.1 Å². The number of halogens is 3. The third kappa shape index (κ3) is 3.23. The van der Waals surface area contributed by atoms with Crippen LogP contribution < -0.4 is 4.74 Å². The summed E-state index contributed by atoms with van der Waals surface area (Å²) in [7, 11) is 3.15. The van der Waals surface area contributed by atoms with E-state index in [2.05, 4.69) is 25.9 Å². The van der Waals surface area contributed by atoms with Gasteiger partial charge in [-0.2, -0.15) is 0 Å². The first-order valence-corrected chi connectivity index (χ1v) is 7.16. The van der Waals surface area contributed by atoms with Crippen molar-refractivity contribution in [3.63, 3.8) is 0 Å². The average molecular weight is 378 g/mol. The molecule has 0 saturated carbocycles. The fraction of sp³-hybridized carbons (Fsp3) is 0.231. The van der Waals surface area contributed by atoms with E-state index >= 15 is 0 Å². The molecule has 0 bridgehead atoms. The van der Waals surface area contributed by atoms with Gasteiger partial charge in [0.1, 0.15) is 10.9 Å². The van der Waals surface area contributed by atoms with Crippen LogP contribution in [0.2, 0.25) is 10.2 Å². The molecule has 4 nitrogen and oxygen atoms in total. The van der Waals surface area contributed by atoms with Gasteiger partial charge in [0.2, 0.25) is 0 Å². The van der Waals surface area contributed by atoms with E-state index in [1.165, 1.54) is 0 Å². The number of ether oxygens (including phenoxy) is 2. The van der Waals surface area contributed by atoms with Gasteiger partial charge in [-0.3, -0.25) is 0 Å². The maximum absolute atomic E-state index is 6.10. The summed E-state index contributed by atoms with van der Waals surface area (Å²) in [4.78, 5) is 8.66. The summed E-state index contributed by atoms with van der Waals surface area (Å²) in [6, 6.07) is 5.31. The zero-order valence-electron chi connectivity index (χ0n) is 10.8. The van der Waals surface area contributed by atoms with Gasteiger partial charge < -0.3 is 9.47 Å². The summed E-state index contributed by atoms with van der Waals surface area (Å²) in [5.41, 5.74) is 1.43. The molecular weight excluding hydrogens is 367 g/mol. The van der Waals surface area contributed by atoms with Crippen molar-refractivity contribution in [2.75, 3.05) is 14.2 Å². The Balaban J connectivity index is 2.49. The van der Waals surface area contributed by atoms with Crippen LogP contribution in [0.4, 0.5) is 0 Å². The first-order chi connectivity index (χ1) is 9.56. The van der Waals surface area contributed by atoms with Crippen LogP contribution in [0.5, 0.6) is 5.75 Å². The number of methoxy groups -OCH3 is 2. The summed E-state index contributed by atoms with van der Waals surface area (Å²) >= 11 is 15.5. The van der Waals surface area contributed by atoms with Crippen molar-refractivity contribution in [2.24, 2.45) is 0 Å². The molecule has 0 aliphatic rings. The highest BCUT2D eigenvalue weighted by atomic mass is 79.9. The van der Waals surface area contributed by atoms with Gasteiger partial charge in [0.05, 0.1) is 28.9 Å². The second kappa shape index (κ2) is 6.72. The largest absolute Gasteiger partial charge is 0.495 e. The van der Waals surface area contributed by atoms with Crippen LogP contribution >= 0.6 is 39.1 Å². The second-order valence-corrected chi connectivity index (χ2v) is 5.44. The van der Waals surface area contributed by atoms with Crippen molar-refractivity contribution in [1.29, 1.82) is 0 Å². The van der Waals surface area contributed by atoms with Crippen LogP contribution in [0.15, 0.2) is 22.7 Å². The van der Waals surface area contributed by atoms with Gasteiger partial charge in [-0.15, -0.1) is 0 Å². The quantitative estimate of drug-likeness (QED) is 0.742. The maximum Gasteiger partial charge on any atom is 0.161 e. The molecule has 0 amide bonds. The Labute approximate surface area is 135 Å². The van der Waals surface area contributed by atoms with E-state index in [-0.39, 0.29) is 0 Å². The number of hydrogen-bond acceptors (Lipinski definition) is 4. The lowest BCUT2D eigenvalue weighted by molar-refractivity contribution is 0.181. The van der Waals surface area contributed by atoms with Crippen LogP contribution in [0, 0.1) is 0 Å². The molecule has 1 aromatic carbocycles. The average Bonchev–Trinajstić information content (AvgIpc) is 2.43. The molecule has 7 heteroatoms. The minimum Gasteiger partial charge on any atom is -0.495 e. The smallest absolute Gasteiger partial charge is 0.161 e.